The zero-order chi connectivity index (χ0) is 13.7. The third-order valence-corrected chi connectivity index (χ3v) is 2.32. The van der Waals surface area contributed by atoms with Crippen molar-refractivity contribution in [2.45, 2.75) is 6.92 Å². The molecule has 19 heavy (non-hydrogen) atoms. The van der Waals surface area contributed by atoms with Gasteiger partial charge in [0.15, 0.2) is 17.2 Å². The molecule has 0 spiro atoms. The van der Waals surface area contributed by atoms with Crippen LogP contribution >= 0.6 is 0 Å². The van der Waals surface area contributed by atoms with Crippen LogP contribution in [0.3, 0.4) is 0 Å². The van der Waals surface area contributed by atoms with Crippen molar-refractivity contribution in [1.82, 2.24) is 4.98 Å². The van der Waals surface area contributed by atoms with Crippen molar-refractivity contribution in [1.29, 1.82) is 0 Å². The Morgan fingerprint density at radius 1 is 1.26 bits per heavy atom. The maximum absolute atomic E-state index is 10.9. The first kappa shape index (κ1) is 12.9. The highest BCUT2D eigenvalue weighted by Crippen LogP contribution is 2.31. The molecule has 5 heteroatoms. The molecule has 0 aliphatic heterocycles. The number of carboxylic acids is 1. The lowest BCUT2D eigenvalue weighted by atomic mass is 10.3. The molecule has 0 aliphatic carbocycles. The summed E-state index contributed by atoms with van der Waals surface area (Å²) in [6.07, 6.45) is 1.35. The fraction of sp³-hybridized carbons (Fsp3) is 0.143. The van der Waals surface area contributed by atoms with Gasteiger partial charge in [-0.3, -0.25) is 0 Å². The van der Waals surface area contributed by atoms with Crippen molar-refractivity contribution >= 4 is 5.97 Å². The number of aromatic nitrogens is 1. The predicted octanol–water partition coefficient (Wildman–Crippen LogP) is 2.97. The Kier molecular flexibility index (Phi) is 3.97. The molecule has 1 aromatic carbocycles. The van der Waals surface area contributed by atoms with Gasteiger partial charge in [-0.25, -0.2) is 9.78 Å². The number of benzene rings is 1. The maximum atomic E-state index is 10.9. The number of ether oxygens (including phenoxy) is 2. The van der Waals surface area contributed by atoms with E-state index in [1.807, 2.05) is 25.1 Å². The monoisotopic (exact) mass is 259 g/mol. The Labute approximate surface area is 110 Å². The fourth-order valence-corrected chi connectivity index (χ4v) is 1.50. The molecule has 0 fully saturated rings. The molecule has 0 saturated carbocycles. The van der Waals surface area contributed by atoms with Crippen LogP contribution in [0.4, 0.5) is 0 Å². The molecular weight excluding hydrogens is 246 g/mol. The van der Waals surface area contributed by atoms with Crippen LogP contribution < -0.4 is 9.47 Å². The van der Waals surface area contributed by atoms with Gasteiger partial charge in [-0.15, -0.1) is 0 Å². The molecule has 1 aromatic heterocycles. The number of aromatic carboxylic acids is 1. The van der Waals surface area contributed by atoms with E-state index in [0.717, 1.165) is 0 Å². The summed E-state index contributed by atoms with van der Waals surface area (Å²) in [5.74, 6) is 0.275. The van der Waals surface area contributed by atoms with Crippen LogP contribution in [0.2, 0.25) is 0 Å². The number of pyridine rings is 1. The molecule has 1 heterocycles. The number of hydrogen-bond donors (Lipinski definition) is 1. The summed E-state index contributed by atoms with van der Waals surface area (Å²) in [6.45, 7) is 2.22. The topological polar surface area (TPSA) is 68.7 Å². The van der Waals surface area contributed by atoms with E-state index in [-0.39, 0.29) is 5.69 Å². The van der Waals surface area contributed by atoms with Crippen molar-refractivity contribution in [3.8, 4) is 17.2 Å². The SMILES string of the molecule is CCOc1cc(C(=O)O)ncc1Oc1ccccc1. The Hall–Kier alpha value is -2.56. The first-order valence-corrected chi connectivity index (χ1v) is 5.79. The first-order chi connectivity index (χ1) is 9.20. The van der Waals surface area contributed by atoms with Gasteiger partial charge < -0.3 is 14.6 Å². The van der Waals surface area contributed by atoms with Crippen molar-refractivity contribution in [3.63, 3.8) is 0 Å². The zero-order valence-electron chi connectivity index (χ0n) is 10.4. The van der Waals surface area contributed by atoms with Crippen LogP contribution in [0.5, 0.6) is 17.2 Å². The van der Waals surface area contributed by atoms with E-state index in [4.69, 9.17) is 14.6 Å². The molecule has 0 saturated heterocycles. The van der Waals surface area contributed by atoms with Gasteiger partial charge >= 0.3 is 5.97 Å². The third-order valence-electron chi connectivity index (χ3n) is 2.32. The largest absolute Gasteiger partial charge is 0.490 e. The van der Waals surface area contributed by atoms with Crippen LogP contribution in [0.15, 0.2) is 42.6 Å². The van der Waals surface area contributed by atoms with E-state index in [1.54, 1.807) is 12.1 Å². The molecular formula is C14H13NO4. The Morgan fingerprint density at radius 3 is 2.63 bits per heavy atom. The van der Waals surface area contributed by atoms with E-state index < -0.39 is 5.97 Å². The van der Waals surface area contributed by atoms with Crippen LogP contribution in [0.1, 0.15) is 17.4 Å². The smallest absolute Gasteiger partial charge is 0.354 e. The summed E-state index contributed by atoms with van der Waals surface area (Å²) in [5, 5.41) is 8.90. The number of carbonyl (C=O) groups is 1. The summed E-state index contributed by atoms with van der Waals surface area (Å²) >= 11 is 0. The van der Waals surface area contributed by atoms with Crippen molar-refractivity contribution in [2.24, 2.45) is 0 Å². The van der Waals surface area contributed by atoms with Crippen molar-refractivity contribution in [2.75, 3.05) is 6.61 Å². The Balaban J connectivity index is 2.31. The number of hydrogen-bond acceptors (Lipinski definition) is 4. The van der Waals surface area contributed by atoms with Crippen LogP contribution in [0, 0.1) is 0 Å². The summed E-state index contributed by atoms with van der Waals surface area (Å²) in [6, 6.07) is 10.5. The number of carboxylic acid groups (broad SMARTS) is 1. The van der Waals surface area contributed by atoms with Crippen molar-refractivity contribution in [3.05, 3.63) is 48.3 Å². The normalized spacial score (nSPS) is 9.95. The average Bonchev–Trinajstić information content (AvgIpc) is 2.42. The van der Waals surface area contributed by atoms with E-state index in [2.05, 4.69) is 4.98 Å². The molecule has 1 N–H and O–H groups in total. The second-order valence-electron chi connectivity index (χ2n) is 3.67. The van der Waals surface area contributed by atoms with Crippen LogP contribution in [0.25, 0.3) is 0 Å². The van der Waals surface area contributed by atoms with E-state index in [0.29, 0.717) is 23.9 Å². The molecule has 0 aliphatic rings. The molecule has 2 aromatic rings. The maximum Gasteiger partial charge on any atom is 0.354 e. The molecule has 98 valence electrons. The second kappa shape index (κ2) is 5.86. The molecule has 0 amide bonds. The van der Waals surface area contributed by atoms with Gasteiger partial charge in [0.2, 0.25) is 0 Å². The molecule has 0 atom stereocenters. The van der Waals surface area contributed by atoms with Gasteiger partial charge in [0, 0.05) is 6.07 Å². The summed E-state index contributed by atoms with van der Waals surface area (Å²) in [7, 11) is 0. The average molecular weight is 259 g/mol. The van der Waals surface area contributed by atoms with Crippen LogP contribution in [-0.4, -0.2) is 22.7 Å². The summed E-state index contributed by atoms with van der Waals surface area (Å²) in [4.78, 5) is 14.7. The van der Waals surface area contributed by atoms with Gasteiger partial charge in [-0.05, 0) is 19.1 Å². The Morgan fingerprint density at radius 2 is 2.00 bits per heavy atom. The predicted molar refractivity (Wildman–Crippen MR) is 68.9 cm³/mol. The lowest BCUT2D eigenvalue weighted by Crippen LogP contribution is -2.03. The standard InChI is InChI=1S/C14H13NO4/c1-2-18-12-8-11(14(16)17)15-9-13(12)19-10-6-4-3-5-7-10/h3-9H,2H2,1H3,(H,16,17). The van der Waals surface area contributed by atoms with E-state index in [1.165, 1.54) is 12.3 Å². The molecule has 0 unspecified atom stereocenters. The van der Waals surface area contributed by atoms with Crippen molar-refractivity contribution < 1.29 is 19.4 Å². The third kappa shape index (κ3) is 3.22. The zero-order valence-corrected chi connectivity index (χ0v) is 10.4. The lowest BCUT2D eigenvalue weighted by Gasteiger charge is -2.11. The highest BCUT2D eigenvalue weighted by molar-refractivity contribution is 5.86. The quantitative estimate of drug-likeness (QED) is 0.893. The van der Waals surface area contributed by atoms with Crippen LogP contribution in [-0.2, 0) is 0 Å². The van der Waals surface area contributed by atoms with E-state index in [9.17, 15) is 4.79 Å². The summed E-state index contributed by atoms with van der Waals surface area (Å²) in [5.41, 5.74) is -0.0798. The highest BCUT2D eigenvalue weighted by atomic mass is 16.5. The number of rotatable bonds is 5. The Bertz CT molecular complexity index is 569. The molecule has 5 nitrogen and oxygen atoms in total. The molecule has 2 rings (SSSR count). The number of para-hydroxylation sites is 1. The summed E-state index contributed by atoms with van der Waals surface area (Å²) < 4.78 is 11.0. The minimum absolute atomic E-state index is 0.0798. The second-order valence-corrected chi connectivity index (χ2v) is 3.67. The van der Waals surface area contributed by atoms with Gasteiger partial charge in [0.1, 0.15) is 5.75 Å². The fourth-order valence-electron chi connectivity index (χ4n) is 1.50. The van der Waals surface area contributed by atoms with Gasteiger partial charge in [-0.1, -0.05) is 18.2 Å². The highest BCUT2D eigenvalue weighted by Gasteiger charge is 2.12. The number of nitrogens with zero attached hydrogens (tertiary/aromatic N) is 1. The van der Waals surface area contributed by atoms with E-state index >= 15 is 0 Å². The molecule has 0 bridgehead atoms. The first-order valence-electron chi connectivity index (χ1n) is 5.79. The minimum Gasteiger partial charge on any atom is -0.490 e. The lowest BCUT2D eigenvalue weighted by molar-refractivity contribution is 0.0690. The van der Waals surface area contributed by atoms with Gasteiger partial charge in [0.25, 0.3) is 0 Å². The van der Waals surface area contributed by atoms with Gasteiger partial charge in [0.05, 0.1) is 12.8 Å². The molecule has 0 radical (unpaired) electrons. The van der Waals surface area contributed by atoms with Gasteiger partial charge in [-0.2, -0.15) is 0 Å². The minimum atomic E-state index is -1.10.